The van der Waals surface area contributed by atoms with Crippen LogP contribution in [0.5, 0.6) is 0 Å². The van der Waals surface area contributed by atoms with Gasteiger partial charge in [0.25, 0.3) is 5.91 Å². The summed E-state index contributed by atoms with van der Waals surface area (Å²) in [7, 11) is 0. The molecule has 4 rings (SSSR count). The van der Waals surface area contributed by atoms with Gasteiger partial charge in [0.1, 0.15) is 12.0 Å². The van der Waals surface area contributed by atoms with E-state index < -0.39 is 6.17 Å². The van der Waals surface area contributed by atoms with Crippen LogP contribution in [0.2, 0.25) is 0 Å². The van der Waals surface area contributed by atoms with Crippen LogP contribution in [0.3, 0.4) is 0 Å². The zero-order valence-corrected chi connectivity index (χ0v) is 12.8. The Morgan fingerprint density at radius 3 is 2.25 bits per heavy atom. The number of fused-ring (bicyclic) bond motifs is 1. The number of hydrogen-bond acceptors (Lipinski definition) is 2. The van der Waals surface area contributed by atoms with E-state index >= 15 is 0 Å². The maximum Gasteiger partial charge on any atom is 0.262 e. The summed E-state index contributed by atoms with van der Waals surface area (Å²) in [5.74, 6) is -0.377. The Kier molecular flexibility index (Phi) is 3.50. The number of carbonyl (C=O) groups is 1. The third-order valence-corrected chi connectivity index (χ3v) is 4.15. The van der Waals surface area contributed by atoms with Gasteiger partial charge in [0.2, 0.25) is 0 Å². The number of carbonyl (C=O) groups excluding carboxylic acids is 1. The van der Waals surface area contributed by atoms with E-state index in [1.54, 1.807) is 17.0 Å². The molecule has 1 atom stereocenters. The first-order valence-corrected chi connectivity index (χ1v) is 7.74. The molecule has 1 heterocycles. The van der Waals surface area contributed by atoms with Crippen molar-refractivity contribution in [3.8, 4) is 0 Å². The van der Waals surface area contributed by atoms with Crippen LogP contribution in [-0.2, 0) is 0 Å². The Bertz CT molecular complexity index is 878. The fourth-order valence-corrected chi connectivity index (χ4v) is 2.99. The van der Waals surface area contributed by atoms with Crippen LogP contribution < -0.4 is 10.2 Å². The normalized spacial score (nSPS) is 16.5. The van der Waals surface area contributed by atoms with E-state index in [2.05, 4.69) is 5.32 Å². The summed E-state index contributed by atoms with van der Waals surface area (Å²) in [4.78, 5) is 14.8. The summed E-state index contributed by atoms with van der Waals surface area (Å²) in [5.41, 5.74) is 3.02. The molecule has 0 bridgehead atoms. The number of halogens is 1. The molecule has 24 heavy (non-hydrogen) atoms. The van der Waals surface area contributed by atoms with E-state index in [0.717, 1.165) is 16.9 Å². The van der Waals surface area contributed by atoms with Gasteiger partial charge in [-0.1, -0.05) is 42.5 Å². The Morgan fingerprint density at radius 2 is 1.50 bits per heavy atom. The smallest absolute Gasteiger partial charge is 0.262 e. The molecule has 0 aliphatic carbocycles. The number of nitrogens with zero attached hydrogens (tertiary/aromatic N) is 1. The van der Waals surface area contributed by atoms with Gasteiger partial charge < -0.3 is 5.32 Å². The van der Waals surface area contributed by atoms with Crippen LogP contribution in [0.15, 0.2) is 78.9 Å². The first-order chi connectivity index (χ1) is 11.7. The van der Waals surface area contributed by atoms with E-state index in [4.69, 9.17) is 0 Å². The zero-order chi connectivity index (χ0) is 16.5. The maximum atomic E-state index is 13.3. The summed E-state index contributed by atoms with van der Waals surface area (Å²) in [6.07, 6.45) is -0.393. The lowest BCUT2D eigenvalue weighted by atomic mass is 10.0. The Labute approximate surface area is 139 Å². The maximum absolute atomic E-state index is 13.3. The van der Waals surface area contributed by atoms with E-state index in [-0.39, 0.29) is 11.7 Å². The van der Waals surface area contributed by atoms with Crippen LogP contribution in [0.25, 0.3) is 0 Å². The topological polar surface area (TPSA) is 32.3 Å². The molecule has 0 saturated carbocycles. The molecule has 0 radical (unpaired) electrons. The molecule has 4 heteroatoms. The van der Waals surface area contributed by atoms with Gasteiger partial charge in [0.15, 0.2) is 0 Å². The van der Waals surface area contributed by atoms with Gasteiger partial charge in [-0.15, -0.1) is 0 Å². The summed E-state index contributed by atoms with van der Waals surface area (Å²) in [6.45, 7) is 0. The highest BCUT2D eigenvalue weighted by molar-refractivity contribution is 6.12. The van der Waals surface area contributed by atoms with Crippen LogP contribution in [0.4, 0.5) is 15.8 Å². The van der Waals surface area contributed by atoms with Crippen LogP contribution in [0.1, 0.15) is 22.1 Å². The van der Waals surface area contributed by atoms with E-state index in [0.29, 0.717) is 5.56 Å². The molecule has 1 amide bonds. The summed E-state index contributed by atoms with van der Waals surface area (Å²) >= 11 is 0. The molecular formula is C20H15FN2O. The minimum atomic E-state index is -0.393. The fourth-order valence-electron chi connectivity index (χ4n) is 2.99. The van der Waals surface area contributed by atoms with Gasteiger partial charge in [-0.25, -0.2) is 4.39 Å². The number of amides is 1. The molecule has 0 aromatic heterocycles. The van der Waals surface area contributed by atoms with Crippen molar-refractivity contribution in [3.63, 3.8) is 0 Å². The third kappa shape index (κ3) is 2.42. The lowest BCUT2D eigenvalue weighted by Gasteiger charge is -2.38. The highest BCUT2D eigenvalue weighted by atomic mass is 19.1. The lowest BCUT2D eigenvalue weighted by Crippen LogP contribution is -2.43. The molecule has 1 N–H and O–H groups in total. The molecule has 3 aromatic rings. The van der Waals surface area contributed by atoms with Crippen molar-refractivity contribution in [3.05, 3.63) is 95.8 Å². The van der Waals surface area contributed by atoms with E-state index in [1.807, 2.05) is 54.6 Å². The number of benzene rings is 3. The number of hydrogen-bond donors (Lipinski definition) is 1. The van der Waals surface area contributed by atoms with Crippen LogP contribution in [-0.4, -0.2) is 5.91 Å². The van der Waals surface area contributed by atoms with Crippen molar-refractivity contribution in [2.45, 2.75) is 6.17 Å². The van der Waals surface area contributed by atoms with Crippen molar-refractivity contribution in [1.82, 2.24) is 0 Å². The standard InChI is InChI=1S/C20H15FN2O/c21-15-12-10-14(11-13-15)19-22-18-9-5-4-8-17(18)20(24)23(19)16-6-2-1-3-7-16/h1-13,19,22H. The highest BCUT2D eigenvalue weighted by Crippen LogP contribution is 2.36. The van der Waals surface area contributed by atoms with Crippen LogP contribution in [0, 0.1) is 5.82 Å². The molecule has 3 aromatic carbocycles. The van der Waals surface area contributed by atoms with Gasteiger partial charge in [-0.3, -0.25) is 9.69 Å². The number of nitrogens with one attached hydrogen (secondary N) is 1. The minimum Gasteiger partial charge on any atom is -0.360 e. The summed E-state index contributed by atoms with van der Waals surface area (Å²) < 4.78 is 13.3. The van der Waals surface area contributed by atoms with Crippen molar-refractivity contribution in [2.75, 3.05) is 10.2 Å². The molecule has 118 valence electrons. The number of para-hydroxylation sites is 2. The third-order valence-electron chi connectivity index (χ3n) is 4.15. The summed E-state index contributed by atoms with van der Waals surface area (Å²) in [6, 6.07) is 23.1. The Morgan fingerprint density at radius 1 is 0.833 bits per heavy atom. The summed E-state index contributed by atoms with van der Waals surface area (Å²) in [5, 5.41) is 3.39. The van der Waals surface area contributed by atoms with Crippen molar-refractivity contribution < 1.29 is 9.18 Å². The molecule has 0 saturated heterocycles. The first-order valence-electron chi connectivity index (χ1n) is 7.74. The largest absolute Gasteiger partial charge is 0.360 e. The van der Waals surface area contributed by atoms with Gasteiger partial charge in [-0.2, -0.15) is 0 Å². The number of anilines is 2. The van der Waals surface area contributed by atoms with Gasteiger partial charge in [-0.05, 0) is 42.0 Å². The predicted molar refractivity (Wildman–Crippen MR) is 92.5 cm³/mol. The van der Waals surface area contributed by atoms with Crippen molar-refractivity contribution >= 4 is 17.3 Å². The van der Waals surface area contributed by atoms with Gasteiger partial charge in [0, 0.05) is 11.4 Å². The monoisotopic (exact) mass is 318 g/mol. The molecule has 3 nitrogen and oxygen atoms in total. The number of rotatable bonds is 2. The SMILES string of the molecule is O=C1c2ccccc2NC(c2ccc(F)cc2)N1c1ccccc1. The Hall–Kier alpha value is -3.14. The molecule has 1 unspecified atom stereocenters. The molecular weight excluding hydrogens is 303 g/mol. The van der Waals surface area contributed by atoms with Gasteiger partial charge in [0.05, 0.1) is 5.56 Å². The molecule has 0 spiro atoms. The second-order valence-electron chi connectivity index (χ2n) is 5.65. The molecule has 0 fully saturated rings. The zero-order valence-electron chi connectivity index (χ0n) is 12.8. The van der Waals surface area contributed by atoms with Gasteiger partial charge >= 0.3 is 0 Å². The average molecular weight is 318 g/mol. The van der Waals surface area contributed by atoms with E-state index in [1.165, 1.54) is 12.1 Å². The Balaban J connectivity index is 1.86. The minimum absolute atomic E-state index is 0.0788. The predicted octanol–water partition coefficient (Wildman–Crippen LogP) is 4.60. The van der Waals surface area contributed by atoms with Crippen molar-refractivity contribution in [1.29, 1.82) is 0 Å². The lowest BCUT2D eigenvalue weighted by molar-refractivity contribution is 0.0975. The van der Waals surface area contributed by atoms with Crippen molar-refractivity contribution in [2.24, 2.45) is 0 Å². The fraction of sp³-hybridized carbons (Fsp3) is 0.0500. The second kappa shape index (κ2) is 5.81. The van der Waals surface area contributed by atoms with Crippen LogP contribution >= 0.6 is 0 Å². The van der Waals surface area contributed by atoms with E-state index in [9.17, 15) is 9.18 Å². The highest BCUT2D eigenvalue weighted by Gasteiger charge is 2.33. The quantitative estimate of drug-likeness (QED) is 0.749. The molecule has 1 aliphatic heterocycles. The average Bonchev–Trinajstić information content (AvgIpc) is 2.63. The first kappa shape index (κ1) is 14.5. The molecule has 1 aliphatic rings. The second-order valence-corrected chi connectivity index (χ2v) is 5.65.